The molecule has 0 aliphatic carbocycles. The van der Waals surface area contributed by atoms with Crippen molar-refractivity contribution in [2.75, 3.05) is 53.6 Å². The van der Waals surface area contributed by atoms with E-state index in [0.29, 0.717) is 19.8 Å². The van der Waals surface area contributed by atoms with Crippen LogP contribution in [0.25, 0.3) is 0 Å². The average Bonchev–Trinajstić information content (AvgIpc) is 2.96. The molecular formula is C17H25N3O2. The first-order valence-corrected chi connectivity index (χ1v) is 7.59. The third-order valence-corrected chi connectivity index (χ3v) is 3.53. The molecule has 1 aliphatic rings. The van der Waals surface area contributed by atoms with E-state index in [2.05, 4.69) is 35.1 Å². The molecule has 1 aliphatic heterocycles. The topological polar surface area (TPSA) is 60.1 Å². The van der Waals surface area contributed by atoms with E-state index < -0.39 is 0 Å². The number of benzene rings is 1. The van der Waals surface area contributed by atoms with Crippen LogP contribution >= 0.6 is 0 Å². The first kappa shape index (κ1) is 16.7. The van der Waals surface area contributed by atoms with E-state index in [4.69, 9.17) is 15.2 Å². The van der Waals surface area contributed by atoms with Crippen molar-refractivity contribution < 1.29 is 9.47 Å². The Morgan fingerprint density at radius 2 is 2.00 bits per heavy atom. The molecule has 0 aromatic heterocycles. The molecule has 0 unspecified atom stereocenters. The standard InChI is InChI=1S/C17H25N3O2/c1-20(10-8-18)13-15-7-9-19-17(15)14-3-5-16(6-4-14)22-12-11-21-2/h3-7H,8-13,18H2,1-2H3. The SMILES string of the molecule is COCCOc1ccc(C2=NCC=C2CN(C)CCN)cc1. The van der Waals surface area contributed by atoms with E-state index >= 15 is 0 Å². The van der Waals surface area contributed by atoms with Crippen molar-refractivity contribution in [3.8, 4) is 5.75 Å². The maximum absolute atomic E-state index is 5.60. The number of ether oxygens (including phenoxy) is 2. The summed E-state index contributed by atoms with van der Waals surface area (Å²) in [4.78, 5) is 6.83. The second-order valence-corrected chi connectivity index (χ2v) is 5.31. The lowest BCUT2D eigenvalue weighted by atomic mass is 10.0. The number of nitrogens with zero attached hydrogens (tertiary/aromatic N) is 2. The summed E-state index contributed by atoms with van der Waals surface area (Å²) in [7, 11) is 3.75. The van der Waals surface area contributed by atoms with Crippen molar-refractivity contribution in [2.45, 2.75) is 0 Å². The lowest BCUT2D eigenvalue weighted by Crippen LogP contribution is -2.28. The molecule has 0 atom stereocenters. The highest BCUT2D eigenvalue weighted by molar-refractivity contribution is 6.14. The molecule has 2 N–H and O–H groups in total. The molecule has 0 spiro atoms. The highest BCUT2D eigenvalue weighted by Gasteiger charge is 2.15. The average molecular weight is 303 g/mol. The van der Waals surface area contributed by atoms with Gasteiger partial charge >= 0.3 is 0 Å². The van der Waals surface area contributed by atoms with E-state index in [0.717, 1.165) is 36.7 Å². The monoisotopic (exact) mass is 303 g/mol. The molecule has 0 fully saturated rings. The molecule has 1 aromatic carbocycles. The van der Waals surface area contributed by atoms with Crippen LogP contribution in [0.4, 0.5) is 0 Å². The summed E-state index contributed by atoms with van der Waals surface area (Å²) in [6.45, 7) is 4.34. The fourth-order valence-electron chi connectivity index (χ4n) is 2.40. The lowest BCUT2D eigenvalue weighted by molar-refractivity contribution is 0.146. The lowest BCUT2D eigenvalue weighted by Gasteiger charge is -2.17. The minimum Gasteiger partial charge on any atom is -0.491 e. The van der Waals surface area contributed by atoms with Gasteiger partial charge in [0.25, 0.3) is 0 Å². The molecule has 22 heavy (non-hydrogen) atoms. The fourth-order valence-corrected chi connectivity index (χ4v) is 2.40. The van der Waals surface area contributed by atoms with Gasteiger partial charge in [-0.15, -0.1) is 0 Å². The number of methoxy groups -OCH3 is 1. The summed E-state index contributed by atoms with van der Waals surface area (Å²) in [5.41, 5.74) is 9.07. The highest BCUT2D eigenvalue weighted by atomic mass is 16.5. The Hall–Kier alpha value is -1.69. The van der Waals surface area contributed by atoms with E-state index in [9.17, 15) is 0 Å². The third-order valence-electron chi connectivity index (χ3n) is 3.53. The third kappa shape index (κ3) is 4.66. The zero-order valence-corrected chi connectivity index (χ0v) is 13.4. The van der Waals surface area contributed by atoms with Gasteiger partial charge in [0.2, 0.25) is 0 Å². The Morgan fingerprint density at radius 1 is 1.23 bits per heavy atom. The van der Waals surface area contributed by atoms with Gasteiger partial charge in [-0.2, -0.15) is 0 Å². The van der Waals surface area contributed by atoms with E-state index in [-0.39, 0.29) is 0 Å². The van der Waals surface area contributed by atoms with Crippen molar-refractivity contribution in [3.05, 3.63) is 41.5 Å². The second kappa shape index (κ2) is 8.68. The maximum Gasteiger partial charge on any atom is 0.119 e. The van der Waals surface area contributed by atoms with Gasteiger partial charge in [0.1, 0.15) is 12.4 Å². The Labute approximate surface area is 132 Å². The Bertz CT molecular complexity index is 523. The van der Waals surface area contributed by atoms with Crippen LogP contribution < -0.4 is 10.5 Å². The van der Waals surface area contributed by atoms with Gasteiger partial charge in [0.05, 0.1) is 18.9 Å². The van der Waals surface area contributed by atoms with Crippen molar-refractivity contribution in [2.24, 2.45) is 10.7 Å². The second-order valence-electron chi connectivity index (χ2n) is 5.31. The summed E-state index contributed by atoms with van der Waals surface area (Å²) in [5.74, 6) is 0.852. The minimum atomic E-state index is 0.561. The van der Waals surface area contributed by atoms with Gasteiger partial charge < -0.3 is 20.1 Å². The molecule has 0 saturated heterocycles. The number of nitrogens with two attached hydrogens (primary N) is 1. The van der Waals surface area contributed by atoms with Gasteiger partial charge in [-0.05, 0) is 36.9 Å². The summed E-state index contributed by atoms with van der Waals surface area (Å²) < 4.78 is 10.6. The molecular weight excluding hydrogens is 278 g/mol. The molecule has 120 valence electrons. The van der Waals surface area contributed by atoms with Crippen molar-refractivity contribution in [1.29, 1.82) is 0 Å². The van der Waals surface area contributed by atoms with Crippen LogP contribution in [0.3, 0.4) is 0 Å². The largest absolute Gasteiger partial charge is 0.491 e. The number of rotatable bonds is 9. The zero-order chi connectivity index (χ0) is 15.8. The fraction of sp³-hybridized carbons (Fsp3) is 0.471. The number of hydrogen-bond donors (Lipinski definition) is 1. The summed E-state index contributed by atoms with van der Waals surface area (Å²) in [6, 6.07) is 8.08. The van der Waals surface area contributed by atoms with Crippen molar-refractivity contribution in [3.63, 3.8) is 0 Å². The maximum atomic E-state index is 5.60. The normalized spacial score (nSPS) is 14.2. The quantitative estimate of drug-likeness (QED) is 0.699. The van der Waals surface area contributed by atoms with Gasteiger partial charge in [0, 0.05) is 32.3 Å². The Balaban J connectivity index is 1.97. The minimum absolute atomic E-state index is 0.561. The van der Waals surface area contributed by atoms with Crippen LogP contribution in [0.5, 0.6) is 5.75 Å². The smallest absolute Gasteiger partial charge is 0.119 e. The van der Waals surface area contributed by atoms with Crippen LogP contribution in [0.1, 0.15) is 5.56 Å². The zero-order valence-electron chi connectivity index (χ0n) is 13.4. The molecule has 5 heteroatoms. The first-order chi connectivity index (χ1) is 10.7. The van der Waals surface area contributed by atoms with E-state index in [1.54, 1.807) is 7.11 Å². The highest BCUT2D eigenvalue weighted by Crippen LogP contribution is 2.19. The predicted molar refractivity (Wildman–Crippen MR) is 89.9 cm³/mol. The summed E-state index contributed by atoms with van der Waals surface area (Å²) >= 11 is 0. The molecule has 2 rings (SSSR count). The summed E-state index contributed by atoms with van der Waals surface area (Å²) in [6.07, 6.45) is 2.19. The molecule has 0 radical (unpaired) electrons. The van der Waals surface area contributed by atoms with Crippen LogP contribution in [-0.2, 0) is 4.74 Å². The molecule has 0 saturated carbocycles. The molecule has 0 bridgehead atoms. The number of likely N-dealkylation sites (N-methyl/N-ethyl adjacent to an activating group) is 1. The van der Waals surface area contributed by atoms with Crippen molar-refractivity contribution >= 4 is 5.71 Å². The molecule has 0 amide bonds. The summed E-state index contributed by atoms with van der Waals surface area (Å²) in [5, 5.41) is 0. The van der Waals surface area contributed by atoms with E-state index in [1.807, 2.05) is 12.1 Å². The Kier molecular flexibility index (Phi) is 6.58. The molecule has 1 heterocycles. The first-order valence-electron chi connectivity index (χ1n) is 7.59. The number of aliphatic imine (C=N–C) groups is 1. The van der Waals surface area contributed by atoms with Crippen LogP contribution in [-0.4, -0.2) is 64.2 Å². The van der Waals surface area contributed by atoms with E-state index in [1.165, 1.54) is 5.57 Å². The van der Waals surface area contributed by atoms with Gasteiger partial charge in [-0.3, -0.25) is 4.99 Å². The predicted octanol–water partition coefficient (Wildman–Crippen LogP) is 1.33. The van der Waals surface area contributed by atoms with Crippen LogP contribution in [0.15, 0.2) is 40.9 Å². The van der Waals surface area contributed by atoms with Crippen LogP contribution in [0, 0.1) is 0 Å². The van der Waals surface area contributed by atoms with Gasteiger partial charge in [-0.25, -0.2) is 0 Å². The van der Waals surface area contributed by atoms with Gasteiger partial charge in [-0.1, -0.05) is 6.08 Å². The number of hydrogen-bond acceptors (Lipinski definition) is 5. The Morgan fingerprint density at radius 3 is 2.68 bits per heavy atom. The van der Waals surface area contributed by atoms with Gasteiger partial charge in [0.15, 0.2) is 0 Å². The van der Waals surface area contributed by atoms with Crippen LogP contribution in [0.2, 0.25) is 0 Å². The molecule has 5 nitrogen and oxygen atoms in total. The van der Waals surface area contributed by atoms with Crippen molar-refractivity contribution in [1.82, 2.24) is 4.90 Å². The molecule has 1 aromatic rings.